The van der Waals surface area contributed by atoms with Crippen molar-refractivity contribution in [2.24, 2.45) is 7.05 Å². The highest BCUT2D eigenvalue weighted by atomic mass is 79.9. The van der Waals surface area contributed by atoms with Crippen LogP contribution in [0.4, 0.5) is 0 Å². The first-order valence-corrected chi connectivity index (χ1v) is 6.34. The molecule has 0 radical (unpaired) electrons. The van der Waals surface area contributed by atoms with E-state index < -0.39 is 5.97 Å². The van der Waals surface area contributed by atoms with Gasteiger partial charge in [0.25, 0.3) is 0 Å². The molecule has 1 N–H and O–H groups in total. The van der Waals surface area contributed by atoms with Crippen molar-refractivity contribution in [3.63, 3.8) is 0 Å². The van der Waals surface area contributed by atoms with E-state index in [0.717, 1.165) is 11.3 Å². The molecule has 0 bridgehead atoms. The van der Waals surface area contributed by atoms with Crippen LogP contribution in [0, 0.1) is 6.92 Å². The Labute approximate surface area is 117 Å². The van der Waals surface area contributed by atoms with Crippen molar-refractivity contribution in [1.29, 1.82) is 0 Å². The highest BCUT2D eigenvalue weighted by molar-refractivity contribution is 9.10. The minimum Gasteiger partial charge on any atom is -0.478 e. The van der Waals surface area contributed by atoms with Gasteiger partial charge in [0, 0.05) is 18.8 Å². The average Bonchev–Trinajstić information content (AvgIpc) is 2.76. The Bertz CT molecular complexity index is 618. The minimum absolute atomic E-state index is 0.236. The molecular formula is C11H11BrClN3O2. The van der Waals surface area contributed by atoms with Crippen LogP contribution in [0.25, 0.3) is 0 Å². The van der Waals surface area contributed by atoms with Crippen LogP contribution in [0.2, 0.25) is 5.15 Å². The molecule has 18 heavy (non-hydrogen) atoms. The lowest BCUT2D eigenvalue weighted by Gasteiger charge is -2.04. The first-order valence-electron chi connectivity index (χ1n) is 5.17. The summed E-state index contributed by atoms with van der Waals surface area (Å²) < 4.78 is 4.07. The summed E-state index contributed by atoms with van der Waals surface area (Å²) in [4.78, 5) is 10.9. The molecule has 0 saturated heterocycles. The Morgan fingerprint density at radius 2 is 2.28 bits per heavy atom. The molecule has 0 unspecified atom stereocenters. The van der Waals surface area contributed by atoms with Crippen LogP contribution in [0.3, 0.4) is 0 Å². The van der Waals surface area contributed by atoms with Gasteiger partial charge in [0.05, 0.1) is 22.4 Å². The molecule has 0 atom stereocenters. The molecule has 5 nitrogen and oxygen atoms in total. The maximum Gasteiger partial charge on any atom is 0.337 e. The number of aromatic carboxylic acids is 1. The van der Waals surface area contributed by atoms with Gasteiger partial charge in [-0.15, -0.1) is 0 Å². The highest BCUT2D eigenvalue weighted by Crippen LogP contribution is 2.23. The van der Waals surface area contributed by atoms with Gasteiger partial charge in [0.2, 0.25) is 0 Å². The van der Waals surface area contributed by atoms with E-state index in [9.17, 15) is 4.79 Å². The summed E-state index contributed by atoms with van der Waals surface area (Å²) in [5.74, 6) is -0.955. The lowest BCUT2D eigenvalue weighted by molar-refractivity contribution is 0.0697. The van der Waals surface area contributed by atoms with E-state index in [-0.39, 0.29) is 5.56 Å². The SMILES string of the molecule is Cc1nn(C)c(Cl)c1Cn1cc(C(=O)O)cc1Br. The number of aromatic nitrogens is 3. The van der Waals surface area contributed by atoms with Crippen molar-refractivity contribution in [2.45, 2.75) is 13.5 Å². The molecule has 0 aromatic carbocycles. The summed E-state index contributed by atoms with van der Waals surface area (Å²) in [6.45, 7) is 2.35. The Hall–Kier alpha value is -1.27. The van der Waals surface area contributed by atoms with E-state index >= 15 is 0 Å². The van der Waals surface area contributed by atoms with Gasteiger partial charge in [-0.1, -0.05) is 11.6 Å². The summed E-state index contributed by atoms with van der Waals surface area (Å²) >= 11 is 9.47. The maximum atomic E-state index is 10.9. The number of rotatable bonds is 3. The third-order valence-electron chi connectivity index (χ3n) is 2.69. The molecule has 2 aromatic heterocycles. The van der Waals surface area contributed by atoms with Gasteiger partial charge in [0.15, 0.2) is 0 Å². The highest BCUT2D eigenvalue weighted by Gasteiger charge is 2.15. The fraction of sp³-hybridized carbons (Fsp3) is 0.273. The number of carbonyl (C=O) groups is 1. The lowest BCUT2D eigenvalue weighted by atomic mass is 10.2. The number of halogens is 2. The van der Waals surface area contributed by atoms with E-state index in [4.69, 9.17) is 16.7 Å². The number of nitrogens with zero attached hydrogens (tertiary/aromatic N) is 3. The molecule has 7 heteroatoms. The molecule has 2 heterocycles. The third-order valence-corrected chi connectivity index (χ3v) is 3.85. The van der Waals surface area contributed by atoms with E-state index in [1.807, 2.05) is 6.92 Å². The molecular weight excluding hydrogens is 321 g/mol. The monoisotopic (exact) mass is 331 g/mol. The van der Waals surface area contributed by atoms with Gasteiger partial charge in [-0.25, -0.2) is 4.79 Å². The minimum atomic E-state index is -0.955. The van der Waals surface area contributed by atoms with Crippen molar-refractivity contribution in [3.05, 3.63) is 38.8 Å². The van der Waals surface area contributed by atoms with Crippen LogP contribution in [0.5, 0.6) is 0 Å². The Kier molecular flexibility index (Phi) is 3.49. The topological polar surface area (TPSA) is 60.0 Å². The van der Waals surface area contributed by atoms with Gasteiger partial charge in [-0.3, -0.25) is 4.68 Å². The van der Waals surface area contributed by atoms with E-state index in [0.29, 0.717) is 16.3 Å². The number of carboxylic acids is 1. The largest absolute Gasteiger partial charge is 0.478 e. The summed E-state index contributed by atoms with van der Waals surface area (Å²) in [5.41, 5.74) is 1.95. The normalized spacial score (nSPS) is 10.9. The molecule has 0 fully saturated rings. The van der Waals surface area contributed by atoms with Gasteiger partial charge in [-0.2, -0.15) is 5.10 Å². The first kappa shape index (κ1) is 13.2. The van der Waals surface area contributed by atoms with Crippen molar-refractivity contribution in [3.8, 4) is 0 Å². The van der Waals surface area contributed by atoms with Crippen LogP contribution in [0.1, 0.15) is 21.6 Å². The van der Waals surface area contributed by atoms with Crippen LogP contribution >= 0.6 is 27.5 Å². The number of hydrogen-bond acceptors (Lipinski definition) is 2. The zero-order chi connectivity index (χ0) is 13.4. The van der Waals surface area contributed by atoms with Crippen LogP contribution in [0.15, 0.2) is 16.9 Å². The fourth-order valence-corrected chi connectivity index (χ4v) is 2.45. The van der Waals surface area contributed by atoms with Crippen LogP contribution < -0.4 is 0 Å². The lowest BCUT2D eigenvalue weighted by Crippen LogP contribution is -2.00. The van der Waals surface area contributed by atoms with Crippen molar-refractivity contribution in [1.82, 2.24) is 14.3 Å². The van der Waals surface area contributed by atoms with Crippen molar-refractivity contribution >= 4 is 33.5 Å². The predicted octanol–water partition coefficient (Wildman–Crippen LogP) is 2.69. The number of aryl methyl sites for hydroxylation is 2. The second kappa shape index (κ2) is 4.78. The van der Waals surface area contributed by atoms with E-state index in [1.165, 1.54) is 0 Å². The summed E-state index contributed by atoms with van der Waals surface area (Å²) in [5, 5.41) is 13.7. The summed E-state index contributed by atoms with van der Waals surface area (Å²) in [6, 6.07) is 1.56. The molecule has 2 rings (SSSR count). The van der Waals surface area contributed by atoms with Crippen LogP contribution in [-0.2, 0) is 13.6 Å². The molecule has 96 valence electrons. The zero-order valence-corrected chi connectivity index (χ0v) is 12.2. The van der Waals surface area contributed by atoms with Gasteiger partial charge >= 0.3 is 5.97 Å². The van der Waals surface area contributed by atoms with Gasteiger partial charge in [0.1, 0.15) is 5.15 Å². The average molecular weight is 333 g/mol. The van der Waals surface area contributed by atoms with Gasteiger partial charge < -0.3 is 9.67 Å². The number of carboxylic acid groups (broad SMARTS) is 1. The Balaban J connectivity index is 2.37. The molecule has 0 saturated carbocycles. The number of hydrogen-bond donors (Lipinski definition) is 1. The first-order chi connectivity index (χ1) is 8.40. The quantitative estimate of drug-likeness (QED) is 0.940. The summed E-state index contributed by atoms with van der Waals surface area (Å²) in [6.07, 6.45) is 1.56. The van der Waals surface area contributed by atoms with E-state index in [1.54, 1.807) is 28.6 Å². The van der Waals surface area contributed by atoms with Crippen molar-refractivity contribution < 1.29 is 9.90 Å². The van der Waals surface area contributed by atoms with Gasteiger partial charge in [-0.05, 0) is 28.9 Å². The molecule has 0 amide bonds. The maximum absolute atomic E-state index is 10.9. The standard InChI is InChI=1S/C11H11BrClN3O2/c1-6-8(10(13)15(2)14-6)5-16-4-7(11(17)18)3-9(16)12/h3-4H,5H2,1-2H3,(H,17,18). The third kappa shape index (κ3) is 2.30. The molecule has 2 aromatic rings. The molecule has 0 spiro atoms. The Morgan fingerprint density at radius 1 is 1.61 bits per heavy atom. The molecule has 0 aliphatic rings. The zero-order valence-electron chi connectivity index (χ0n) is 9.81. The Morgan fingerprint density at radius 3 is 2.72 bits per heavy atom. The smallest absolute Gasteiger partial charge is 0.337 e. The van der Waals surface area contributed by atoms with E-state index in [2.05, 4.69) is 21.0 Å². The fourth-order valence-electron chi connectivity index (χ4n) is 1.74. The van der Waals surface area contributed by atoms with Crippen LogP contribution in [-0.4, -0.2) is 25.4 Å². The summed E-state index contributed by atoms with van der Waals surface area (Å²) in [7, 11) is 1.77. The predicted molar refractivity (Wildman–Crippen MR) is 71.1 cm³/mol. The second-order valence-corrected chi connectivity index (χ2v) is 5.13. The molecule has 0 aliphatic heterocycles. The van der Waals surface area contributed by atoms with Crippen molar-refractivity contribution in [2.75, 3.05) is 0 Å². The second-order valence-electron chi connectivity index (χ2n) is 3.96. The molecule has 0 aliphatic carbocycles.